The summed E-state index contributed by atoms with van der Waals surface area (Å²) in [6.07, 6.45) is 3.88. The van der Waals surface area contributed by atoms with Crippen LogP contribution in [0.25, 0.3) is 10.8 Å². The summed E-state index contributed by atoms with van der Waals surface area (Å²) in [7, 11) is 1.74. The van der Waals surface area contributed by atoms with Crippen LogP contribution < -0.4 is 10.5 Å². The lowest BCUT2D eigenvalue weighted by Crippen LogP contribution is -2.38. The van der Waals surface area contributed by atoms with Gasteiger partial charge in [-0.2, -0.15) is 0 Å². The standard InChI is InChI=1S/C20H26N2O.ClH/c1-23-20-10-9-15(16-6-2-3-7-17(16)20)12-22-11-14-5-4-8-19(21)18(14)13-22;/h2-3,6-7,9-10,14,18-19H,4-5,8,11-13,21H2,1H3;1H. The smallest absolute Gasteiger partial charge is 0.126 e. The summed E-state index contributed by atoms with van der Waals surface area (Å²) in [4.78, 5) is 2.61. The number of nitrogens with two attached hydrogens (primary N) is 1. The van der Waals surface area contributed by atoms with Gasteiger partial charge in [0.25, 0.3) is 0 Å². The Hall–Kier alpha value is -1.29. The highest BCUT2D eigenvalue weighted by atomic mass is 35.5. The molecule has 4 heteroatoms. The fourth-order valence-electron chi connectivity index (χ4n) is 4.63. The molecule has 0 spiro atoms. The van der Waals surface area contributed by atoms with Crippen molar-refractivity contribution in [1.82, 2.24) is 4.90 Å². The largest absolute Gasteiger partial charge is 0.496 e. The van der Waals surface area contributed by atoms with Crippen LogP contribution in [-0.2, 0) is 6.54 Å². The molecule has 1 heterocycles. The molecule has 0 radical (unpaired) electrons. The number of halogens is 1. The Morgan fingerprint density at radius 3 is 2.62 bits per heavy atom. The molecular weight excluding hydrogens is 320 g/mol. The van der Waals surface area contributed by atoms with E-state index in [0.717, 1.165) is 24.8 Å². The van der Waals surface area contributed by atoms with E-state index in [2.05, 4.69) is 41.3 Å². The Morgan fingerprint density at radius 2 is 1.88 bits per heavy atom. The molecule has 4 rings (SSSR count). The Morgan fingerprint density at radius 1 is 1.08 bits per heavy atom. The van der Waals surface area contributed by atoms with Crippen LogP contribution in [-0.4, -0.2) is 31.1 Å². The van der Waals surface area contributed by atoms with Gasteiger partial charge >= 0.3 is 0 Å². The van der Waals surface area contributed by atoms with E-state index < -0.39 is 0 Å². The van der Waals surface area contributed by atoms with E-state index >= 15 is 0 Å². The number of nitrogens with zero attached hydrogens (tertiary/aromatic N) is 1. The van der Waals surface area contributed by atoms with Crippen molar-refractivity contribution in [2.45, 2.75) is 31.8 Å². The number of methoxy groups -OCH3 is 1. The minimum atomic E-state index is 0. The second kappa shape index (κ2) is 7.30. The second-order valence-electron chi connectivity index (χ2n) is 7.19. The highest BCUT2D eigenvalue weighted by Gasteiger charge is 2.38. The lowest BCUT2D eigenvalue weighted by Gasteiger charge is -2.29. The molecule has 2 fully saturated rings. The van der Waals surface area contributed by atoms with E-state index in [4.69, 9.17) is 10.5 Å². The maximum absolute atomic E-state index is 6.36. The third kappa shape index (κ3) is 3.13. The molecular formula is C20H27ClN2O. The lowest BCUT2D eigenvalue weighted by atomic mass is 9.78. The van der Waals surface area contributed by atoms with Gasteiger partial charge < -0.3 is 10.5 Å². The molecule has 0 amide bonds. The highest BCUT2D eigenvalue weighted by Crippen LogP contribution is 2.37. The Bertz CT molecular complexity index is 705. The molecule has 0 aromatic heterocycles. The van der Waals surface area contributed by atoms with Crippen molar-refractivity contribution in [1.29, 1.82) is 0 Å². The van der Waals surface area contributed by atoms with Gasteiger partial charge in [0.05, 0.1) is 7.11 Å². The van der Waals surface area contributed by atoms with Crippen LogP contribution in [0.3, 0.4) is 0 Å². The van der Waals surface area contributed by atoms with E-state index in [1.165, 1.54) is 42.1 Å². The van der Waals surface area contributed by atoms with Crippen LogP contribution >= 0.6 is 12.4 Å². The van der Waals surface area contributed by atoms with Crippen molar-refractivity contribution < 1.29 is 4.74 Å². The molecule has 2 aliphatic rings. The number of hydrogen-bond acceptors (Lipinski definition) is 3. The third-order valence-electron chi connectivity index (χ3n) is 5.82. The zero-order valence-electron chi connectivity index (χ0n) is 14.3. The maximum atomic E-state index is 6.36. The Balaban J connectivity index is 0.00000169. The summed E-state index contributed by atoms with van der Waals surface area (Å²) in [5.41, 5.74) is 7.76. The van der Waals surface area contributed by atoms with E-state index in [-0.39, 0.29) is 12.4 Å². The molecule has 2 aromatic carbocycles. The van der Waals surface area contributed by atoms with Gasteiger partial charge in [-0.25, -0.2) is 0 Å². The molecule has 2 N–H and O–H groups in total. The molecule has 1 saturated carbocycles. The quantitative estimate of drug-likeness (QED) is 0.917. The Labute approximate surface area is 150 Å². The van der Waals surface area contributed by atoms with Crippen molar-refractivity contribution in [3.63, 3.8) is 0 Å². The molecule has 3 unspecified atom stereocenters. The number of benzene rings is 2. The molecule has 130 valence electrons. The minimum Gasteiger partial charge on any atom is -0.496 e. The van der Waals surface area contributed by atoms with E-state index in [9.17, 15) is 0 Å². The van der Waals surface area contributed by atoms with E-state index in [0.29, 0.717) is 12.0 Å². The van der Waals surface area contributed by atoms with E-state index in [1.54, 1.807) is 7.11 Å². The van der Waals surface area contributed by atoms with E-state index in [1.807, 2.05) is 0 Å². The highest BCUT2D eigenvalue weighted by molar-refractivity contribution is 5.91. The van der Waals surface area contributed by atoms with Gasteiger partial charge in [-0.15, -0.1) is 12.4 Å². The average molecular weight is 347 g/mol. The zero-order valence-corrected chi connectivity index (χ0v) is 15.1. The van der Waals surface area contributed by atoms with Crippen molar-refractivity contribution >= 4 is 23.2 Å². The van der Waals surface area contributed by atoms with Crippen molar-refractivity contribution in [3.05, 3.63) is 42.0 Å². The van der Waals surface area contributed by atoms with Gasteiger partial charge in [-0.3, -0.25) is 4.90 Å². The topological polar surface area (TPSA) is 38.5 Å². The summed E-state index contributed by atoms with van der Waals surface area (Å²) in [5, 5.41) is 2.52. The fourth-order valence-corrected chi connectivity index (χ4v) is 4.63. The second-order valence-corrected chi connectivity index (χ2v) is 7.19. The zero-order chi connectivity index (χ0) is 15.8. The lowest BCUT2D eigenvalue weighted by molar-refractivity contribution is 0.259. The normalized spacial score (nSPS) is 26.8. The van der Waals surface area contributed by atoms with Gasteiger partial charge in [-0.1, -0.05) is 36.8 Å². The molecule has 1 aliphatic carbocycles. The predicted molar refractivity (Wildman–Crippen MR) is 102 cm³/mol. The molecule has 1 aliphatic heterocycles. The molecule has 24 heavy (non-hydrogen) atoms. The van der Waals surface area contributed by atoms with Crippen molar-refractivity contribution in [2.24, 2.45) is 17.6 Å². The predicted octanol–water partition coefficient (Wildman–Crippen LogP) is 3.83. The molecule has 3 atom stereocenters. The van der Waals surface area contributed by atoms with Gasteiger partial charge in [0.15, 0.2) is 0 Å². The van der Waals surface area contributed by atoms with Crippen LogP contribution in [0, 0.1) is 11.8 Å². The third-order valence-corrected chi connectivity index (χ3v) is 5.82. The average Bonchev–Trinajstić information content (AvgIpc) is 2.99. The SMILES string of the molecule is COc1ccc(CN2CC3CCCC(N)C3C2)c2ccccc12.Cl. The summed E-state index contributed by atoms with van der Waals surface area (Å²) in [5.74, 6) is 2.47. The molecule has 0 bridgehead atoms. The van der Waals surface area contributed by atoms with Crippen LogP contribution in [0.5, 0.6) is 5.75 Å². The molecule has 2 aromatic rings. The first-order valence-electron chi connectivity index (χ1n) is 8.79. The Kier molecular flexibility index (Phi) is 5.33. The first kappa shape index (κ1) is 17.5. The fraction of sp³-hybridized carbons (Fsp3) is 0.500. The number of likely N-dealkylation sites (tertiary alicyclic amines) is 1. The van der Waals surface area contributed by atoms with Crippen LogP contribution in [0.15, 0.2) is 36.4 Å². The van der Waals surface area contributed by atoms with Crippen molar-refractivity contribution in [2.75, 3.05) is 20.2 Å². The number of hydrogen-bond donors (Lipinski definition) is 1. The first-order valence-corrected chi connectivity index (χ1v) is 8.79. The number of rotatable bonds is 3. The van der Waals surface area contributed by atoms with Gasteiger partial charge in [-0.05, 0) is 41.7 Å². The minimum absolute atomic E-state index is 0. The number of ether oxygens (including phenoxy) is 1. The molecule has 3 nitrogen and oxygen atoms in total. The summed E-state index contributed by atoms with van der Waals surface area (Å²) < 4.78 is 5.51. The maximum Gasteiger partial charge on any atom is 0.126 e. The summed E-state index contributed by atoms with van der Waals surface area (Å²) in [6.45, 7) is 3.38. The van der Waals surface area contributed by atoms with Crippen LogP contribution in [0.1, 0.15) is 24.8 Å². The van der Waals surface area contributed by atoms with Gasteiger partial charge in [0.2, 0.25) is 0 Å². The van der Waals surface area contributed by atoms with Crippen LogP contribution in [0.4, 0.5) is 0 Å². The molecule has 1 saturated heterocycles. The number of fused-ring (bicyclic) bond motifs is 2. The van der Waals surface area contributed by atoms with Gasteiger partial charge in [0, 0.05) is 31.1 Å². The van der Waals surface area contributed by atoms with Gasteiger partial charge in [0.1, 0.15) is 5.75 Å². The summed E-state index contributed by atoms with van der Waals surface area (Å²) in [6, 6.07) is 13.3. The van der Waals surface area contributed by atoms with Crippen molar-refractivity contribution in [3.8, 4) is 5.75 Å². The monoisotopic (exact) mass is 346 g/mol. The first-order chi connectivity index (χ1) is 11.3. The van der Waals surface area contributed by atoms with Crippen LogP contribution in [0.2, 0.25) is 0 Å². The summed E-state index contributed by atoms with van der Waals surface area (Å²) >= 11 is 0.